The lowest BCUT2D eigenvalue weighted by atomic mass is 10.1. The van der Waals surface area contributed by atoms with Gasteiger partial charge in [0.15, 0.2) is 6.10 Å². The van der Waals surface area contributed by atoms with Crippen LogP contribution in [-0.2, 0) is 46.9 Å². The highest BCUT2D eigenvalue weighted by molar-refractivity contribution is 7.99. The van der Waals surface area contributed by atoms with Gasteiger partial charge in [-0.05, 0) is 44.7 Å². The second-order valence-corrected chi connectivity index (χ2v) is 22.7. The first-order chi connectivity index (χ1) is 36.1. The van der Waals surface area contributed by atoms with Crippen molar-refractivity contribution in [1.29, 1.82) is 0 Å². The fraction of sp³-hybridized carbons (Fsp3) is 0.741. The van der Waals surface area contributed by atoms with Crippen molar-refractivity contribution in [1.82, 2.24) is 15.5 Å². The van der Waals surface area contributed by atoms with E-state index in [4.69, 9.17) is 32.7 Å². The Hall–Kier alpha value is -3.01. The molecular formula is C58H98N3O11PS. The van der Waals surface area contributed by atoms with Crippen LogP contribution in [0.4, 0.5) is 4.79 Å². The predicted molar refractivity (Wildman–Crippen MR) is 301 cm³/mol. The Balaban J connectivity index is 1.59. The summed E-state index contributed by atoms with van der Waals surface area (Å²) >= 11 is 1.53. The molecule has 422 valence electrons. The maximum Gasteiger partial charge on any atom is 0.411 e. The summed E-state index contributed by atoms with van der Waals surface area (Å²) in [4.78, 5) is 43.0. The summed E-state index contributed by atoms with van der Waals surface area (Å²) in [6.45, 7) is 13.2. The lowest BCUT2D eigenvalue weighted by molar-refractivity contribution is -0.130. The van der Waals surface area contributed by atoms with Crippen LogP contribution in [0.15, 0.2) is 48.5 Å². The number of nitrogens with one attached hydrogen (secondary N) is 2. The number of fused-ring (bicyclic) bond motifs is 3. The summed E-state index contributed by atoms with van der Waals surface area (Å²) in [5.41, 5.74) is 3.80. The van der Waals surface area contributed by atoms with Gasteiger partial charge in [-0.25, -0.2) is 4.79 Å². The van der Waals surface area contributed by atoms with Crippen LogP contribution in [0.1, 0.15) is 180 Å². The first-order valence-corrected chi connectivity index (χ1v) is 31.5. The zero-order chi connectivity index (χ0) is 53.5. The van der Waals surface area contributed by atoms with Gasteiger partial charge in [-0.2, -0.15) is 11.8 Å². The third kappa shape index (κ3) is 26.8. The number of hydrogen-bond acceptors (Lipinski definition) is 12. The molecule has 3 amide bonds. The first kappa shape index (κ1) is 65.3. The molecule has 0 saturated heterocycles. The zero-order valence-corrected chi connectivity index (χ0v) is 48.3. The van der Waals surface area contributed by atoms with Crippen molar-refractivity contribution in [3.8, 4) is 11.1 Å². The average molecular weight is 1080 g/mol. The lowest BCUT2D eigenvalue weighted by Gasteiger charge is -2.29. The highest BCUT2D eigenvalue weighted by Gasteiger charge is 2.36. The smallest absolute Gasteiger partial charge is 0.411 e. The summed E-state index contributed by atoms with van der Waals surface area (Å²) in [6.07, 6.45) is 23.8. The summed E-state index contributed by atoms with van der Waals surface area (Å²) in [5.74, 6) is -0.0609. The second-order valence-electron chi connectivity index (χ2n) is 19.5. The fourth-order valence-electron chi connectivity index (χ4n) is 8.94. The standard InChI is InChI=1S/C58H98N3O11PS/c1-7-11-13-15-17-19-21-23-25-31-38-68-45-49(69-39-32-26-24-22-20-18-16-14-12-8-2)46-74-47-54(61(6)58(64)72-55-52-35-29-27-33-50(52)51-34-28-30-36-53(51)55)57(63)60-48(5)56(62)59-37-40-66-41-42-67-43-44-73(65,70-9-3)71-10-4/h27-30,33-36,48-49,54-55H,7-26,31-32,37-47H2,1-6H3,(H,59,62)(H,60,63)/t48-,49+,54-/m0/s1. The minimum Gasteiger partial charge on any atom is -0.436 e. The molecule has 14 nitrogen and oxygen atoms in total. The molecule has 0 aromatic heterocycles. The number of nitrogens with zero attached hydrogens (tertiary/aromatic N) is 1. The van der Waals surface area contributed by atoms with Crippen LogP contribution < -0.4 is 10.6 Å². The second kappa shape index (κ2) is 41.1. The van der Waals surface area contributed by atoms with E-state index in [0.717, 1.165) is 47.9 Å². The van der Waals surface area contributed by atoms with Gasteiger partial charge < -0.3 is 43.4 Å². The normalized spacial score (nSPS) is 13.5. The zero-order valence-electron chi connectivity index (χ0n) is 46.6. The number of amides is 3. The van der Waals surface area contributed by atoms with E-state index in [-0.39, 0.29) is 64.2 Å². The van der Waals surface area contributed by atoms with Crippen LogP contribution in [0.5, 0.6) is 0 Å². The number of benzene rings is 2. The number of rotatable bonds is 47. The number of ether oxygens (including phenoxy) is 5. The van der Waals surface area contributed by atoms with Crippen LogP contribution in [0.25, 0.3) is 11.1 Å². The minimum atomic E-state index is -3.17. The molecule has 0 saturated carbocycles. The molecule has 2 aromatic carbocycles. The number of carbonyl (C=O) groups excluding carboxylic acids is 3. The van der Waals surface area contributed by atoms with Crippen molar-refractivity contribution >= 4 is 37.3 Å². The highest BCUT2D eigenvalue weighted by Crippen LogP contribution is 2.47. The van der Waals surface area contributed by atoms with Crippen LogP contribution in [0.2, 0.25) is 0 Å². The number of unbranched alkanes of at least 4 members (excludes halogenated alkanes) is 18. The highest BCUT2D eigenvalue weighted by atomic mass is 32.2. The van der Waals surface area contributed by atoms with E-state index in [0.29, 0.717) is 25.6 Å². The van der Waals surface area contributed by atoms with Crippen LogP contribution in [0, 0.1) is 0 Å². The van der Waals surface area contributed by atoms with Crippen molar-refractivity contribution in [3.63, 3.8) is 0 Å². The van der Waals surface area contributed by atoms with E-state index in [2.05, 4.69) is 24.5 Å². The fourth-order valence-corrected chi connectivity index (χ4v) is 11.6. The van der Waals surface area contributed by atoms with Crippen LogP contribution >= 0.6 is 19.4 Å². The topological polar surface area (TPSA) is 160 Å². The summed E-state index contributed by atoms with van der Waals surface area (Å²) in [6, 6.07) is 13.9. The number of hydrogen-bond donors (Lipinski definition) is 2. The van der Waals surface area contributed by atoms with Crippen molar-refractivity contribution in [2.24, 2.45) is 0 Å². The number of thioether (sulfide) groups is 1. The van der Waals surface area contributed by atoms with Gasteiger partial charge in [0.2, 0.25) is 11.8 Å². The van der Waals surface area contributed by atoms with Gasteiger partial charge in [0.1, 0.15) is 12.1 Å². The van der Waals surface area contributed by atoms with E-state index >= 15 is 0 Å². The third-order valence-electron chi connectivity index (χ3n) is 13.3. The van der Waals surface area contributed by atoms with Crippen LogP contribution in [-0.4, -0.2) is 132 Å². The molecular weight excluding hydrogens is 978 g/mol. The van der Waals surface area contributed by atoms with Crippen molar-refractivity contribution in [2.45, 2.75) is 187 Å². The van der Waals surface area contributed by atoms with E-state index in [1.807, 2.05) is 48.5 Å². The Morgan fingerprint density at radius 2 is 1.11 bits per heavy atom. The number of carbonyl (C=O) groups is 3. The Bertz CT molecular complexity index is 1790. The van der Waals surface area contributed by atoms with Gasteiger partial charge in [0.05, 0.1) is 58.5 Å². The predicted octanol–water partition coefficient (Wildman–Crippen LogP) is 13.1. The quantitative estimate of drug-likeness (QED) is 0.0478. The molecule has 1 aliphatic rings. The molecule has 2 N–H and O–H groups in total. The molecule has 0 bridgehead atoms. The molecule has 16 heteroatoms. The Labute approximate surface area is 451 Å². The van der Waals surface area contributed by atoms with E-state index in [1.54, 1.807) is 27.8 Å². The monoisotopic (exact) mass is 1080 g/mol. The maximum absolute atomic E-state index is 14.3. The van der Waals surface area contributed by atoms with Gasteiger partial charge in [0.25, 0.3) is 0 Å². The molecule has 2 aromatic rings. The summed E-state index contributed by atoms with van der Waals surface area (Å²) in [5, 5.41) is 5.68. The molecule has 0 radical (unpaired) electrons. The van der Waals surface area contributed by atoms with E-state index in [9.17, 15) is 18.9 Å². The van der Waals surface area contributed by atoms with Crippen molar-refractivity contribution in [3.05, 3.63) is 59.7 Å². The minimum absolute atomic E-state index is 0.150. The SMILES string of the molecule is CCCCCCCCCCCCOC[C@H](CSC[C@@H](C(=O)N[C@@H](C)C(=O)NCCOCCOCCP(=O)(OCC)OCC)N(C)C(=O)OC1c2ccccc2-c2ccccc21)OCCCCCCCCCCCC. The third-order valence-corrected chi connectivity index (χ3v) is 16.5. The Morgan fingerprint density at radius 3 is 1.65 bits per heavy atom. The largest absolute Gasteiger partial charge is 0.436 e. The summed E-state index contributed by atoms with van der Waals surface area (Å²) < 4.78 is 53.4. The van der Waals surface area contributed by atoms with E-state index < -0.39 is 43.7 Å². The Kier molecular flexibility index (Phi) is 36.3. The Morgan fingerprint density at radius 1 is 0.608 bits per heavy atom. The molecule has 3 rings (SSSR count). The molecule has 74 heavy (non-hydrogen) atoms. The van der Waals surface area contributed by atoms with Crippen molar-refractivity contribution in [2.75, 3.05) is 90.7 Å². The number of likely N-dealkylation sites (N-methyl/N-ethyl adjacent to an activating group) is 1. The molecule has 0 heterocycles. The molecule has 3 atom stereocenters. The van der Waals surface area contributed by atoms with Crippen molar-refractivity contribution < 1.29 is 51.7 Å². The molecule has 0 aliphatic heterocycles. The molecule has 1 aliphatic carbocycles. The van der Waals surface area contributed by atoms with Gasteiger partial charge >= 0.3 is 13.7 Å². The van der Waals surface area contributed by atoms with Gasteiger partial charge in [-0.1, -0.05) is 178 Å². The summed E-state index contributed by atoms with van der Waals surface area (Å²) in [7, 11) is -1.59. The van der Waals surface area contributed by atoms with Crippen LogP contribution in [0.3, 0.4) is 0 Å². The molecule has 0 fully saturated rings. The van der Waals surface area contributed by atoms with Gasteiger partial charge in [-0.3, -0.25) is 19.1 Å². The maximum atomic E-state index is 14.3. The first-order valence-electron chi connectivity index (χ1n) is 28.6. The molecule has 0 unspecified atom stereocenters. The van der Waals surface area contributed by atoms with Gasteiger partial charge in [-0.15, -0.1) is 0 Å². The lowest BCUT2D eigenvalue weighted by Crippen LogP contribution is -2.54. The van der Waals surface area contributed by atoms with E-state index in [1.165, 1.54) is 119 Å². The molecule has 0 spiro atoms. The average Bonchev–Trinajstić information content (AvgIpc) is 3.71. The van der Waals surface area contributed by atoms with Gasteiger partial charge in [0, 0.05) is 49.4 Å².